The Labute approximate surface area is 98.5 Å². The first-order valence-electron chi connectivity index (χ1n) is 5.64. The highest BCUT2D eigenvalue weighted by molar-refractivity contribution is 5.46. The third-order valence-corrected chi connectivity index (χ3v) is 2.39. The summed E-state index contributed by atoms with van der Waals surface area (Å²) in [5, 5.41) is 11.2. The van der Waals surface area contributed by atoms with Crippen LogP contribution in [0.2, 0.25) is 0 Å². The molecule has 1 aromatic rings. The highest BCUT2D eigenvalue weighted by Crippen LogP contribution is 2.20. The van der Waals surface area contributed by atoms with Gasteiger partial charge in [-0.25, -0.2) is 13.2 Å². The normalized spacial score (nSPS) is 10.6. The molecule has 0 aromatic heterocycles. The van der Waals surface area contributed by atoms with Gasteiger partial charge in [0.05, 0.1) is 0 Å². The Hall–Kier alpha value is -1.23. The van der Waals surface area contributed by atoms with E-state index in [9.17, 15) is 13.2 Å². The van der Waals surface area contributed by atoms with Gasteiger partial charge < -0.3 is 10.4 Å². The summed E-state index contributed by atoms with van der Waals surface area (Å²) in [5.41, 5.74) is -0.284. The van der Waals surface area contributed by atoms with Crippen LogP contribution in [0.15, 0.2) is 12.1 Å². The van der Waals surface area contributed by atoms with E-state index in [1.165, 1.54) is 0 Å². The number of anilines is 1. The summed E-state index contributed by atoms with van der Waals surface area (Å²) >= 11 is 0. The van der Waals surface area contributed by atoms with E-state index >= 15 is 0 Å². The van der Waals surface area contributed by atoms with Gasteiger partial charge in [0.15, 0.2) is 11.6 Å². The molecule has 0 heterocycles. The molecule has 0 spiro atoms. The number of hydrogen-bond acceptors (Lipinski definition) is 2. The van der Waals surface area contributed by atoms with E-state index in [4.69, 9.17) is 5.11 Å². The lowest BCUT2D eigenvalue weighted by atomic mass is 10.2. The predicted molar refractivity (Wildman–Crippen MR) is 60.4 cm³/mol. The minimum atomic E-state index is -0.923. The molecule has 0 aliphatic heterocycles. The first kappa shape index (κ1) is 13.8. The third kappa shape index (κ3) is 4.65. The Kier molecular flexibility index (Phi) is 5.83. The number of aliphatic hydroxyl groups is 1. The summed E-state index contributed by atoms with van der Waals surface area (Å²) in [5.74, 6) is -2.76. The topological polar surface area (TPSA) is 32.3 Å². The number of aliphatic hydroxyl groups excluding tert-OH is 1. The first-order chi connectivity index (χ1) is 8.15. The fraction of sp³-hybridized carbons (Fsp3) is 0.500. The van der Waals surface area contributed by atoms with E-state index in [2.05, 4.69) is 5.32 Å². The van der Waals surface area contributed by atoms with Crippen LogP contribution in [0.4, 0.5) is 18.9 Å². The van der Waals surface area contributed by atoms with Gasteiger partial charge in [0.25, 0.3) is 0 Å². The van der Waals surface area contributed by atoms with Crippen LogP contribution in [-0.4, -0.2) is 18.3 Å². The van der Waals surface area contributed by atoms with Crippen molar-refractivity contribution < 1.29 is 18.3 Å². The van der Waals surface area contributed by atoms with Gasteiger partial charge in [-0.15, -0.1) is 0 Å². The molecule has 5 heteroatoms. The minimum Gasteiger partial charge on any atom is -0.396 e. The fourth-order valence-electron chi connectivity index (χ4n) is 1.51. The maximum Gasteiger partial charge on any atom is 0.152 e. The Bertz CT molecular complexity index is 335. The van der Waals surface area contributed by atoms with Crippen molar-refractivity contribution in [3.05, 3.63) is 29.6 Å². The van der Waals surface area contributed by atoms with Gasteiger partial charge in [0.2, 0.25) is 0 Å². The molecule has 2 nitrogen and oxygen atoms in total. The largest absolute Gasteiger partial charge is 0.396 e. The highest BCUT2D eigenvalue weighted by Gasteiger charge is 2.10. The molecule has 0 aliphatic carbocycles. The summed E-state index contributed by atoms with van der Waals surface area (Å²) < 4.78 is 38.9. The van der Waals surface area contributed by atoms with Gasteiger partial charge in [-0.1, -0.05) is 12.8 Å². The summed E-state index contributed by atoms with van der Waals surface area (Å²) in [4.78, 5) is 0. The smallest absolute Gasteiger partial charge is 0.152 e. The molecule has 0 amide bonds. The second-order valence-corrected chi connectivity index (χ2v) is 3.81. The van der Waals surface area contributed by atoms with Crippen LogP contribution in [0.5, 0.6) is 0 Å². The molecule has 0 saturated carbocycles. The average Bonchev–Trinajstić information content (AvgIpc) is 2.26. The molecule has 0 aliphatic rings. The number of hydrogen-bond donors (Lipinski definition) is 2. The van der Waals surface area contributed by atoms with Crippen LogP contribution in [0.3, 0.4) is 0 Å². The predicted octanol–water partition coefficient (Wildman–Crippen LogP) is 3.07. The molecule has 0 bridgehead atoms. The van der Waals surface area contributed by atoms with Gasteiger partial charge in [0.1, 0.15) is 11.5 Å². The van der Waals surface area contributed by atoms with Gasteiger partial charge in [-0.3, -0.25) is 0 Å². The van der Waals surface area contributed by atoms with Gasteiger partial charge >= 0.3 is 0 Å². The van der Waals surface area contributed by atoms with Crippen LogP contribution in [-0.2, 0) is 0 Å². The van der Waals surface area contributed by atoms with Crippen molar-refractivity contribution in [3.8, 4) is 0 Å². The Morgan fingerprint density at radius 1 is 0.941 bits per heavy atom. The van der Waals surface area contributed by atoms with Crippen LogP contribution < -0.4 is 5.32 Å². The zero-order valence-corrected chi connectivity index (χ0v) is 9.48. The van der Waals surface area contributed by atoms with E-state index in [1.54, 1.807) is 0 Å². The number of unbranched alkanes of at least 4 members (excludes halogenated alkanes) is 3. The fourth-order valence-corrected chi connectivity index (χ4v) is 1.51. The molecule has 0 unspecified atom stereocenters. The van der Waals surface area contributed by atoms with E-state index < -0.39 is 17.5 Å². The van der Waals surface area contributed by atoms with E-state index in [0.29, 0.717) is 18.7 Å². The number of benzene rings is 1. The lowest BCUT2D eigenvalue weighted by Crippen LogP contribution is -2.06. The van der Waals surface area contributed by atoms with E-state index in [-0.39, 0.29) is 12.3 Å². The van der Waals surface area contributed by atoms with Crippen molar-refractivity contribution in [2.75, 3.05) is 18.5 Å². The van der Waals surface area contributed by atoms with Crippen molar-refractivity contribution >= 4 is 5.69 Å². The number of rotatable bonds is 7. The number of halogens is 3. The molecular weight excluding hydrogens is 231 g/mol. The standard InChI is InChI=1S/C12H16F3NO/c13-9-7-10(14)12(11(15)8-9)16-5-3-1-2-4-6-17/h7-8,16-17H,1-6H2. The second-order valence-electron chi connectivity index (χ2n) is 3.81. The van der Waals surface area contributed by atoms with Crippen molar-refractivity contribution in [3.63, 3.8) is 0 Å². The highest BCUT2D eigenvalue weighted by atomic mass is 19.1. The summed E-state index contributed by atoms with van der Waals surface area (Å²) in [6.07, 6.45) is 3.24. The number of nitrogens with one attached hydrogen (secondary N) is 1. The van der Waals surface area contributed by atoms with Crippen LogP contribution in [0.25, 0.3) is 0 Å². The van der Waals surface area contributed by atoms with Crippen LogP contribution in [0, 0.1) is 17.5 Å². The maximum absolute atomic E-state index is 13.2. The van der Waals surface area contributed by atoms with Gasteiger partial charge in [0, 0.05) is 25.3 Å². The SMILES string of the molecule is OCCCCCCNc1c(F)cc(F)cc1F. The molecule has 0 fully saturated rings. The summed E-state index contributed by atoms with van der Waals surface area (Å²) in [6.45, 7) is 0.583. The van der Waals surface area contributed by atoms with E-state index in [1.807, 2.05) is 0 Å². The van der Waals surface area contributed by atoms with Crippen molar-refractivity contribution in [2.45, 2.75) is 25.7 Å². The van der Waals surface area contributed by atoms with E-state index in [0.717, 1.165) is 25.7 Å². The van der Waals surface area contributed by atoms with Gasteiger partial charge in [-0.2, -0.15) is 0 Å². The average molecular weight is 247 g/mol. The lowest BCUT2D eigenvalue weighted by molar-refractivity contribution is 0.283. The Balaban J connectivity index is 2.36. The molecule has 1 rings (SSSR count). The molecule has 2 N–H and O–H groups in total. The molecular formula is C12H16F3NO. The van der Waals surface area contributed by atoms with Crippen LogP contribution in [0.1, 0.15) is 25.7 Å². The molecule has 0 radical (unpaired) electrons. The molecule has 17 heavy (non-hydrogen) atoms. The van der Waals surface area contributed by atoms with Crippen molar-refractivity contribution in [1.29, 1.82) is 0 Å². The van der Waals surface area contributed by atoms with Crippen LogP contribution >= 0.6 is 0 Å². The molecule has 0 saturated heterocycles. The zero-order chi connectivity index (χ0) is 12.7. The summed E-state index contributed by atoms with van der Waals surface area (Å²) in [6, 6.07) is 1.30. The Morgan fingerprint density at radius 3 is 2.12 bits per heavy atom. The minimum absolute atomic E-state index is 0.161. The first-order valence-corrected chi connectivity index (χ1v) is 5.64. The van der Waals surface area contributed by atoms with Crippen molar-refractivity contribution in [2.24, 2.45) is 0 Å². The lowest BCUT2D eigenvalue weighted by Gasteiger charge is -2.08. The summed E-state index contributed by atoms with van der Waals surface area (Å²) in [7, 11) is 0. The monoisotopic (exact) mass is 247 g/mol. The third-order valence-electron chi connectivity index (χ3n) is 2.39. The zero-order valence-electron chi connectivity index (χ0n) is 9.48. The molecule has 0 atom stereocenters. The van der Waals surface area contributed by atoms with Crippen molar-refractivity contribution in [1.82, 2.24) is 0 Å². The molecule has 96 valence electrons. The second kappa shape index (κ2) is 7.17. The van der Waals surface area contributed by atoms with Gasteiger partial charge in [-0.05, 0) is 12.8 Å². The maximum atomic E-state index is 13.2. The molecule has 1 aromatic carbocycles. The quantitative estimate of drug-likeness (QED) is 0.726. The Morgan fingerprint density at radius 2 is 1.53 bits per heavy atom.